The highest BCUT2D eigenvalue weighted by atomic mass is 16.3. The van der Waals surface area contributed by atoms with Crippen LogP contribution < -0.4 is 0 Å². The largest absolute Gasteiger partial charge is 0.464 e. The van der Waals surface area contributed by atoms with Gasteiger partial charge < -0.3 is 4.42 Å². The molecule has 3 heterocycles. The molecule has 4 heteroatoms. The monoisotopic (exact) mass is 351 g/mol. The third-order valence-corrected chi connectivity index (χ3v) is 4.72. The molecule has 0 N–H and O–H groups in total. The summed E-state index contributed by atoms with van der Waals surface area (Å²) in [6.07, 6.45) is 3.54. The zero-order valence-corrected chi connectivity index (χ0v) is 14.8. The molecule has 0 spiro atoms. The Balaban J connectivity index is 1.71. The Kier molecular flexibility index (Phi) is 3.61. The first-order valence-corrected chi connectivity index (χ1v) is 8.85. The van der Waals surface area contributed by atoms with Gasteiger partial charge in [0, 0.05) is 22.9 Å². The van der Waals surface area contributed by atoms with Crippen molar-refractivity contribution in [2.24, 2.45) is 0 Å². The molecule has 0 saturated carbocycles. The number of furan rings is 1. The minimum Gasteiger partial charge on any atom is -0.464 e. The molecule has 0 atom stereocenters. The van der Waals surface area contributed by atoms with E-state index in [2.05, 4.69) is 29.2 Å². The maximum Gasteiger partial charge on any atom is 0.163 e. The van der Waals surface area contributed by atoms with Crippen LogP contribution in [-0.4, -0.2) is 14.6 Å². The van der Waals surface area contributed by atoms with E-state index >= 15 is 0 Å². The van der Waals surface area contributed by atoms with Crippen LogP contribution in [0.4, 0.5) is 0 Å². The first kappa shape index (κ1) is 15.6. The zero-order chi connectivity index (χ0) is 18.2. The first-order valence-electron chi connectivity index (χ1n) is 8.85. The predicted octanol–water partition coefficient (Wildman–Crippen LogP) is 5.63. The Morgan fingerprint density at radius 3 is 2.44 bits per heavy atom. The Morgan fingerprint density at radius 2 is 1.63 bits per heavy atom. The van der Waals surface area contributed by atoms with Crippen LogP contribution in [0.1, 0.15) is 5.69 Å². The highest BCUT2D eigenvalue weighted by Gasteiger charge is 2.15. The average molecular weight is 351 g/mol. The Labute approximate surface area is 156 Å². The second kappa shape index (κ2) is 6.25. The van der Waals surface area contributed by atoms with Gasteiger partial charge in [-0.25, -0.2) is 9.50 Å². The number of hydrogen-bond donors (Lipinski definition) is 0. The molecule has 130 valence electrons. The summed E-state index contributed by atoms with van der Waals surface area (Å²) < 4.78 is 7.47. The van der Waals surface area contributed by atoms with Gasteiger partial charge in [0.25, 0.3) is 0 Å². The fourth-order valence-electron chi connectivity index (χ4n) is 3.49. The summed E-state index contributed by atoms with van der Waals surface area (Å²) in [6.45, 7) is 2.03. The lowest BCUT2D eigenvalue weighted by Gasteiger charge is -2.07. The Hall–Kier alpha value is -3.66. The maximum atomic E-state index is 5.54. The van der Waals surface area contributed by atoms with Gasteiger partial charge >= 0.3 is 0 Å². The summed E-state index contributed by atoms with van der Waals surface area (Å²) in [7, 11) is 0. The second-order valence-electron chi connectivity index (χ2n) is 6.45. The number of hydrogen-bond acceptors (Lipinski definition) is 3. The van der Waals surface area contributed by atoms with Crippen LogP contribution in [0.3, 0.4) is 0 Å². The molecule has 0 unspecified atom stereocenters. The van der Waals surface area contributed by atoms with Crippen molar-refractivity contribution in [2.45, 2.75) is 6.92 Å². The van der Waals surface area contributed by atoms with Crippen LogP contribution in [0.15, 0.2) is 89.7 Å². The summed E-state index contributed by atoms with van der Waals surface area (Å²) >= 11 is 0. The third kappa shape index (κ3) is 2.62. The van der Waals surface area contributed by atoms with Gasteiger partial charge in [0.05, 0.1) is 17.7 Å². The third-order valence-electron chi connectivity index (χ3n) is 4.72. The number of rotatable bonds is 3. The van der Waals surface area contributed by atoms with Gasteiger partial charge in [-0.15, -0.1) is 0 Å². The van der Waals surface area contributed by atoms with Gasteiger partial charge in [0.2, 0.25) is 0 Å². The SMILES string of the molecule is Cc1nn2c(-c3cccc(-c4ccco4)c3)ccnc2c1-c1ccccc1. The zero-order valence-electron chi connectivity index (χ0n) is 14.8. The van der Waals surface area contributed by atoms with Crippen LogP contribution in [0.5, 0.6) is 0 Å². The minimum absolute atomic E-state index is 0.851. The van der Waals surface area contributed by atoms with Gasteiger partial charge in [0.1, 0.15) is 5.76 Å². The van der Waals surface area contributed by atoms with Crippen LogP contribution in [0.25, 0.3) is 39.4 Å². The molecule has 0 radical (unpaired) electrons. The number of aryl methyl sites for hydroxylation is 1. The molecule has 4 nitrogen and oxygen atoms in total. The summed E-state index contributed by atoms with van der Waals surface area (Å²) in [6, 6.07) is 24.4. The van der Waals surface area contributed by atoms with E-state index in [0.717, 1.165) is 45.0 Å². The lowest BCUT2D eigenvalue weighted by atomic mass is 10.1. The molecule has 5 aromatic rings. The van der Waals surface area contributed by atoms with E-state index in [1.165, 1.54) is 0 Å². The van der Waals surface area contributed by atoms with E-state index in [0.29, 0.717) is 0 Å². The number of benzene rings is 2. The first-order chi connectivity index (χ1) is 13.3. The van der Waals surface area contributed by atoms with Gasteiger partial charge in [-0.1, -0.05) is 48.5 Å². The van der Waals surface area contributed by atoms with E-state index in [1.54, 1.807) is 6.26 Å². The van der Waals surface area contributed by atoms with Gasteiger partial charge in [-0.3, -0.25) is 0 Å². The quantitative estimate of drug-likeness (QED) is 0.423. The molecule has 0 bridgehead atoms. The van der Waals surface area contributed by atoms with Crippen molar-refractivity contribution in [3.8, 4) is 33.7 Å². The van der Waals surface area contributed by atoms with Crippen LogP contribution in [-0.2, 0) is 0 Å². The Bertz CT molecular complexity index is 1220. The van der Waals surface area contributed by atoms with Crippen molar-refractivity contribution in [3.63, 3.8) is 0 Å². The van der Waals surface area contributed by atoms with Crippen molar-refractivity contribution in [1.29, 1.82) is 0 Å². The molecule has 27 heavy (non-hydrogen) atoms. The summed E-state index contributed by atoms with van der Waals surface area (Å²) in [4.78, 5) is 4.62. The topological polar surface area (TPSA) is 43.3 Å². The lowest BCUT2D eigenvalue weighted by Crippen LogP contribution is -1.96. The van der Waals surface area contributed by atoms with E-state index in [1.807, 2.05) is 66.2 Å². The molecule has 0 saturated heterocycles. The van der Waals surface area contributed by atoms with E-state index in [9.17, 15) is 0 Å². The molecular formula is C23H17N3O. The summed E-state index contributed by atoms with van der Waals surface area (Å²) in [5.74, 6) is 0.851. The Morgan fingerprint density at radius 1 is 0.815 bits per heavy atom. The van der Waals surface area contributed by atoms with Crippen molar-refractivity contribution in [1.82, 2.24) is 14.6 Å². The highest BCUT2D eigenvalue weighted by Crippen LogP contribution is 2.31. The maximum absolute atomic E-state index is 5.54. The number of fused-ring (bicyclic) bond motifs is 1. The van der Waals surface area contributed by atoms with Gasteiger partial charge in [0.15, 0.2) is 5.65 Å². The van der Waals surface area contributed by atoms with Crippen LogP contribution in [0, 0.1) is 6.92 Å². The number of aromatic nitrogens is 3. The highest BCUT2D eigenvalue weighted by molar-refractivity contribution is 5.81. The fraction of sp³-hybridized carbons (Fsp3) is 0.0435. The second-order valence-corrected chi connectivity index (χ2v) is 6.45. The molecule has 3 aromatic heterocycles. The fourth-order valence-corrected chi connectivity index (χ4v) is 3.49. The van der Waals surface area contributed by atoms with E-state index in [4.69, 9.17) is 9.52 Å². The predicted molar refractivity (Wildman–Crippen MR) is 106 cm³/mol. The molecule has 0 aliphatic carbocycles. The molecule has 5 rings (SSSR count). The standard InChI is InChI=1S/C23H17N3O/c1-16-22(17-7-3-2-4-8-17)23-24-13-12-20(26(23)25-16)18-9-5-10-19(15-18)21-11-6-14-27-21/h2-15H,1H3. The molecular weight excluding hydrogens is 334 g/mol. The lowest BCUT2D eigenvalue weighted by molar-refractivity contribution is 0.582. The van der Waals surface area contributed by atoms with Gasteiger partial charge in [-0.2, -0.15) is 5.10 Å². The molecule has 2 aromatic carbocycles. The molecule has 0 aliphatic heterocycles. The normalized spacial score (nSPS) is 11.1. The average Bonchev–Trinajstić information content (AvgIpc) is 3.36. The van der Waals surface area contributed by atoms with Crippen molar-refractivity contribution in [2.75, 3.05) is 0 Å². The van der Waals surface area contributed by atoms with Gasteiger partial charge in [-0.05, 0) is 36.8 Å². The summed E-state index contributed by atoms with van der Waals surface area (Å²) in [5.41, 5.74) is 7.12. The van der Waals surface area contributed by atoms with Crippen molar-refractivity contribution in [3.05, 3.63) is 91.0 Å². The van der Waals surface area contributed by atoms with E-state index in [-0.39, 0.29) is 0 Å². The van der Waals surface area contributed by atoms with Crippen molar-refractivity contribution >= 4 is 5.65 Å². The molecule has 0 aliphatic rings. The molecule has 0 fully saturated rings. The van der Waals surface area contributed by atoms with Crippen molar-refractivity contribution < 1.29 is 4.42 Å². The van der Waals surface area contributed by atoms with Crippen LogP contribution in [0.2, 0.25) is 0 Å². The van der Waals surface area contributed by atoms with E-state index < -0.39 is 0 Å². The van der Waals surface area contributed by atoms with Crippen LogP contribution >= 0.6 is 0 Å². The number of nitrogens with zero attached hydrogens (tertiary/aromatic N) is 3. The molecule has 0 amide bonds. The smallest absolute Gasteiger partial charge is 0.163 e. The minimum atomic E-state index is 0.851. The summed E-state index contributed by atoms with van der Waals surface area (Å²) in [5, 5.41) is 4.79.